The van der Waals surface area contributed by atoms with Crippen molar-refractivity contribution in [1.82, 2.24) is 14.9 Å². The molecule has 1 fully saturated rings. The molecule has 0 radical (unpaired) electrons. The monoisotopic (exact) mass is 499 g/mol. The zero-order valence-electron chi connectivity index (χ0n) is 21.2. The van der Waals surface area contributed by atoms with Gasteiger partial charge in [0.05, 0.1) is 17.8 Å². The standard InChI is InChI=1S/C29H30FN5S/c1-18-16-23(13-14-25(18)30)35-28(27(32-29(35)36)26-8-6-7-15-31-26)24-17-19(2)34(20(24)3)22-11-9-21(10-12-22)33(4)5/h6-17,27-28H,1-5H3,(H,32,36)/t27-,28-/m0/s1. The Bertz CT molecular complexity index is 1410. The number of hydrogen-bond acceptors (Lipinski definition) is 3. The van der Waals surface area contributed by atoms with E-state index in [1.807, 2.05) is 38.4 Å². The minimum atomic E-state index is -0.228. The number of halogens is 1. The van der Waals surface area contributed by atoms with Crippen LogP contribution in [-0.2, 0) is 0 Å². The first kappa shape index (κ1) is 24.0. The Morgan fingerprint density at radius 1 is 0.944 bits per heavy atom. The zero-order valence-corrected chi connectivity index (χ0v) is 22.0. The van der Waals surface area contributed by atoms with Crippen molar-refractivity contribution in [2.45, 2.75) is 32.9 Å². The largest absolute Gasteiger partial charge is 0.378 e. The Hall–Kier alpha value is -3.71. The van der Waals surface area contributed by atoms with E-state index in [1.54, 1.807) is 19.2 Å². The Morgan fingerprint density at radius 2 is 1.67 bits per heavy atom. The number of aryl methyl sites for hydroxylation is 2. The smallest absolute Gasteiger partial charge is 0.174 e. The molecule has 1 N–H and O–H groups in total. The average Bonchev–Trinajstić information content (AvgIpc) is 3.36. The number of pyridine rings is 1. The third-order valence-electron chi connectivity index (χ3n) is 6.93. The van der Waals surface area contributed by atoms with Gasteiger partial charge in [-0.15, -0.1) is 0 Å². The predicted octanol–water partition coefficient (Wildman–Crippen LogP) is 6.18. The molecule has 0 aliphatic carbocycles. The molecule has 1 aliphatic rings. The average molecular weight is 500 g/mol. The van der Waals surface area contributed by atoms with Gasteiger partial charge in [-0.3, -0.25) is 4.98 Å². The van der Waals surface area contributed by atoms with Crippen LogP contribution in [0.15, 0.2) is 72.9 Å². The third-order valence-corrected chi connectivity index (χ3v) is 7.25. The lowest BCUT2D eigenvalue weighted by Gasteiger charge is -2.28. The summed E-state index contributed by atoms with van der Waals surface area (Å²) in [6.45, 7) is 6.05. The Kier molecular flexibility index (Phi) is 6.26. The van der Waals surface area contributed by atoms with E-state index >= 15 is 0 Å². The minimum absolute atomic E-state index is 0.154. The molecule has 4 aromatic rings. The highest BCUT2D eigenvalue weighted by molar-refractivity contribution is 7.80. The molecular weight excluding hydrogens is 469 g/mol. The van der Waals surface area contributed by atoms with Gasteiger partial charge in [0.15, 0.2) is 5.11 Å². The van der Waals surface area contributed by atoms with Crippen molar-refractivity contribution in [1.29, 1.82) is 0 Å². The van der Waals surface area contributed by atoms with Crippen molar-refractivity contribution < 1.29 is 4.39 Å². The normalized spacial score (nSPS) is 17.4. The van der Waals surface area contributed by atoms with E-state index in [0.717, 1.165) is 39.7 Å². The lowest BCUT2D eigenvalue weighted by Crippen LogP contribution is -2.29. The molecule has 1 saturated heterocycles. The maximum Gasteiger partial charge on any atom is 0.174 e. The molecular formula is C29H30FN5S. The summed E-state index contributed by atoms with van der Waals surface area (Å²) >= 11 is 5.85. The third kappa shape index (κ3) is 4.13. The van der Waals surface area contributed by atoms with Crippen LogP contribution in [0.1, 0.15) is 40.3 Å². The fourth-order valence-corrected chi connectivity index (χ4v) is 5.46. The van der Waals surface area contributed by atoms with Crippen molar-refractivity contribution in [3.8, 4) is 5.69 Å². The molecule has 2 aromatic heterocycles. The van der Waals surface area contributed by atoms with Gasteiger partial charge in [-0.1, -0.05) is 6.07 Å². The summed E-state index contributed by atoms with van der Waals surface area (Å²) < 4.78 is 16.4. The molecule has 2 atom stereocenters. The highest BCUT2D eigenvalue weighted by atomic mass is 32.1. The van der Waals surface area contributed by atoms with Gasteiger partial charge < -0.3 is 19.7 Å². The maximum absolute atomic E-state index is 14.1. The first-order chi connectivity index (χ1) is 17.3. The van der Waals surface area contributed by atoms with Crippen LogP contribution in [0.4, 0.5) is 15.8 Å². The van der Waals surface area contributed by atoms with Crippen LogP contribution in [0, 0.1) is 26.6 Å². The van der Waals surface area contributed by atoms with Crippen molar-refractivity contribution >= 4 is 28.7 Å². The molecule has 0 amide bonds. The molecule has 5 rings (SSSR count). The summed E-state index contributed by atoms with van der Waals surface area (Å²) in [5.41, 5.74) is 8.02. The second-order valence-electron chi connectivity index (χ2n) is 9.50. The molecule has 0 bridgehead atoms. The Balaban J connectivity index is 1.65. The van der Waals surface area contributed by atoms with Gasteiger partial charge in [-0.2, -0.15) is 0 Å². The number of aromatic nitrogens is 2. The minimum Gasteiger partial charge on any atom is -0.378 e. The van der Waals surface area contributed by atoms with Crippen LogP contribution >= 0.6 is 12.2 Å². The van der Waals surface area contributed by atoms with Gasteiger partial charge in [0.2, 0.25) is 0 Å². The van der Waals surface area contributed by atoms with Crippen molar-refractivity contribution in [2.75, 3.05) is 23.9 Å². The van der Waals surface area contributed by atoms with Crippen molar-refractivity contribution in [3.63, 3.8) is 0 Å². The molecule has 5 nitrogen and oxygen atoms in total. The first-order valence-electron chi connectivity index (χ1n) is 12.0. The van der Waals surface area contributed by atoms with Crippen LogP contribution in [0.2, 0.25) is 0 Å². The number of nitrogens with zero attached hydrogens (tertiary/aromatic N) is 4. The van der Waals surface area contributed by atoms with Crippen molar-refractivity contribution in [3.05, 3.63) is 107 Å². The molecule has 0 spiro atoms. The second-order valence-corrected chi connectivity index (χ2v) is 9.89. The van der Waals surface area contributed by atoms with Crippen LogP contribution in [-0.4, -0.2) is 28.8 Å². The van der Waals surface area contributed by atoms with Gasteiger partial charge in [0, 0.05) is 48.7 Å². The summed E-state index contributed by atoms with van der Waals surface area (Å²) in [5.74, 6) is -0.228. The lowest BCUT2D eigenvalue weighted by molar-refractivity contribution is 0.564. The van der Waals surface area contributed by atoms with E-state index in [2.05, 4.69) is 68.8 Å². The van der Waals surface area contributed by atoms with E-state index in [9.17, 15) is 4.39 Å². The topological polar surface area (TPSA) is 36.3 Å². The molecule has 1 aliphatic heterocycles. The molecule has 2 aromatic carbocycles. The number of hydrogen-bond donors (Lipinski definition) is 1. The Morgan fingerprint density at radius 3 is 2.31 bits per heavy atom. The van der Waals surface area contributed by atoms with E-state index in [-0.39, 0.29) is 17.9 Å². The summed E-state index contributed by atoms with van der Waals surface area (Å²) in [6, 6.07) is 21.6. The number of rotatable bonds is 5. The van der Waals surface area contributed by atoms with Gasteiger partial charge in [-0.25, -0.2) is 4.39 Å². The van der Waals surface area contributed by atoms with Gasteiger partial charge in [0.1, 0.15) is 5.82 Å². The maximum atomic E-state index is 14.1. The fourth-order valence-electron chi connectivity index (χ4n) is 5.11. The van der Waals surface area contributed by atoms with Crippen LogP contribution in [0.3, 0.4) is 0 Å². The number of nitrogens with one attached hydrogen (secondary N) is 1. The first-order valence-corrected chi connectivity index (χ1v) is 12.4. The van der Waals surface area contributed by atoms with Crippen LogP contribution in [0.5, 0.6) is 0 Å². The molecule has 0 saturated carbocycles. The Labute approximate surface area is 217 Å². The predicted molar refractivity (Wildman–Crippen MR) is 149 cm³/mol. The zero-order chi connectivity index (χ0) is 25.6. The van der Waals surface area contributed by atoms with Gasteiger partial charge in [-0.05, 0) is 105 Å². The summed E-state index contributed by atoms with van der Waals surface area (Å²) in [5, 5.41) is 4.10. The number of anilines is 2. The van der Waals surface area contributed by atoms with E-state index < -0.39 is 0 Å². The molecule has 36 heavy (non-hydrogen) atoms. The van der Waals surface area contributed by atoms with Crippen LogP contribution in [0.25, 0.3) is 5.69 Å². The molecule has 0 unspecified atom stereocenters. The van der Waals surface area contributed by atoms with Gasteiger partial charge >= 0.3 is 0 Å². The summed E-state index contributed by atoms with van der Waals surface area (Å²) in [6.07, 6.45) is 1.80. The number of benzene rings is 2. The fraction of sp³-hybridized carbons (Fsp3) is 0.241. The number of thiocarbonyl (C=S) groups is 1. The molecule has 7 heteroatoms. The highest BCUT2D eigenvalue weighted by Gasteiger charge is 2.42. The van der Waals surface area contributed by atoms with E-state index in [0.29, 0.717) is 10.7 Å². The lowest BCUT2D eigenvalue weighted by atomic mass is 9.96. The SMILES string of the molecule is Cc1cc(N2C(=S)N[C@@H](c3ccccn3)[C@@H]2c2cc(C)n(-c3ccc(N(C)C)cc3)c2C)ccc1F. The quantitative estimate of drug-likeness (QED) is 0.332. The van der Waals surface area contributed by atoms with Crippen LogP contribution < -0.4 is 15.1 Å². The molecule has 184 valence electrons. The van der Waals surface area contributed by atoms with E-state index in [1.165, 1.54) is 6.07 Å². The summed E-state index contributed by atoms with van der Waals surface area (Å²) in [4.78, 5) is 8.85. The second kappa shape index (κ2) is 9.39. The van der Waals surface area contributed by atoms with Gasteiger partial charge in [0.25, 0.3) is 0 Å². The summed E-state index contributed by atoms with van der Waals surface area (Å²) in [7, 11) is 4.08. The van der Waals surface area contributed by atoms with Crippen molar-refractivity contribution in [2.24, 2.45) is 0 Å². The molecule has 3 heterocycles. The highest BCUT2D eigenvalue weighted by Crippen LogP contribution is 2.44. The van der Waals surface area contributed by atoms with E-state index in [4.69, 9.17) is 12.2 Å².